The molecule has 0 spiro atoms. The lowest BCUT2D eigenvalue weighted by molar-refractivity contribution is 0.448. The summed E-state index contributed by atoms with van der Waals surface area (Å²) < 4.78 is 15.6. The summed E-state index contributed by atoms with van der Waals surface area (Å²) in [4.78, 5) is 4.26. The second kappa shape index (κ2) is 5.71. The van der Waals surface area contributed by atoms with E-state index in [0.29, 0.717) is 12.0 Å². The molecule has 0 aliphatic heterocycles. The van der Waals surface area contributed by atoms with E-state index >= 15 is 0 Å². The number of benzene rings is 1. The topological polar surface area (TPSA) is 56.7 Å². The van der Waals surface area contributed by atoms with Gasteiger partial charge in [0.1, 0.15) is 18.0 Å². The van der Waals surface area contributed by atoms with Crippen LogP contribution in [0.1, 0.15) is 37.2 Å². The molecule has 0 saturated carbocycles. The van der Waals surface area contributed by atoms with Crippen LogP contribution in [0.25, 0.3) is 0 Å². The lowest BCUT2D eigenvalue weighted by Crippen LogP contribution is -2.36. The summed E-state index contributed by atoms with van der Waals surface area (Å²) in [6.07, 6.45) is 3.04. The smallest absolute Gasteiger partial charge is 0.138 e. The summed E-state index contributed by atoms with van der Waals surface area (Å²) in [5, 5.41) is 4.19. The monoisotopic (exact) mass is 276 g/mol. The fourth-order valence-corrected chi connectivity index (χ4v) is 2.20. The van der Waals surface area contributed by atoms with E-state index in [1.165, 1.54) is 12.4 Å². The predicted molar refractivity (Wildman–Crippen MR) is 76.7 cm³/mol. The third-order valence-corrected chi connectivity index (χ3v) is 3.49. The Morgan fingerprint density at radius 3 is 2.80 bits per heavy atom. The van der Waals surface area contributed by atoms with Gasteiger partial charge in [0, 0.05) is 18.5 Å². The van der Waals surface area contributed by atoms with E-state index in [1.807, 2.05) is 17.7 Å². The number of hydrogen-bond acceptors (Lipinski definition) is 3. The number of halogens is 1. The summed E-state index contributed by atoms with van der Waals surface area (Å²) in [7, 11) is 0. The molecule has 2 aromatic rings. The average Bonchev–Trinajstić information content (AvgIpc) is 2.80. The van der Waals surface area contributed by atoms with Crippen LogP contribution in [0.3, 0.4) is 0 Å². The van der Waals surface area contributed by atoms with Gasteiger partial charge in [-0.2, -0.15) is 5.10 Å². The van der Waals surface area contributed by atoms with Crippen LogP contribution in [0.2, 0.25) is 0 Å². The van der Waals surface area contributed by atoms with Gasteiger partial charge in [-0.1, -0.05) is 19.1 Å². The largest absolute Gasteiger partial charge is 0.321 e. The molecule has 0 saturated heterocycles. The average molecular weight is 276 g/mol. The van der Waals surface area contributed by atoms with Crippen LogP contribution < -0.4 is 5.73 Å². The van der Waals surface area contributed by atoms with Crippen molar-refractivity contribution >= 4 is 0 Å². The Hall–Kier alpha value is -1.75. The third-order valence-electron chi connectivity index (χ3n) is 3.49. The van der Waals surface area contributed by atoms with Crippen molar-refractivity contribution in [3.63, 3.8) is 0 Å². The summed E-state index contributed by atoms with van der Waals surface area (Å²) in [6.45, 7) is 6.53. The molecule has 1 heterocycles. The number of nitrogens with zero attached hydrogens (tertiary/aromatic N) is 3. The Morgan fingerprint density at radius 1 is 1.40 bits per heavy atom. The zero-order valence-corrected chi connectivity index (χ0v) is 12.2. The molecular formula is C15H21FN4. The maximum atomic E-state index is 13.7. The van der Waals surface area contributed by atoms with Gasteiger partial charge in [0.15, 0.2) is 0 Å². The Kier molecular flexibility index (Phi) is 4.18. The molecule has 108 valence electrons. The van der Waals surface area contributed by atoms with Crippen LogP contribution in [-0.2, 0) is 18.5 Å². The van der Waals surface area contributed by atoms with Gasteiger partial charge < -0.3 is 5.73 Å². The first-order valence-corrected chi connectivity index (χ1v) is 6.86. The molecule has 1 atom stereocenters. The van der Waals surface area contributed by atoms with E-state index < -0.39 is 5.54 Å². The molecule has 20 heavy (non-hydrogen) atoms. The first kappa shape index (κ1) is 14.7. The molecule has 2 rings (SSSR count). The Labute approximate surface area is 118 Å². The second-order valence-corrected chi connectivity index (χ2v) is 5.46. The first-order valence-electron chi connectivity index (χ1n) is 6.86. The lowest BCUT2D eigenvalue weighted by Gasteiger charge is -2.25. The SMILES string of the molecule is CCCn1ncnc1CC(C)(N)c1ccc(C)c(F)c1. The van der Waals surface area contributed by atoms with Crippen molar-refractivity contribution in [2.24, 2.45) is 5.73 Å². The predicted octanol–water partition coefficient (Wildman–Crippen LogP) is 2.55. The molecule has 4 nitrogen and oxygen atoms in total. The lowest BCUT2D eigenvalue weighted by atomic mass is 9.89. The standard InChI is InChI=1S/C15H21FN4/c1-4-7-20-14(18-10-19-20)9-15(3,17)12-6-5-11(2)13(16)8-12/h5-6,8,10H,4,7,9,17H2,1-3H3. The van der Waals surface area contributed by atoms with Crippen molar-refractivity contribution < 1.29 is 4.39 Å². The van der Waals surface area contributed by atoms with E-state index in [0.717, 1.165) is 24.4 Å². The minimum absolute atomic E-state index is 0.228. The van der Waals surface area contributed by atoms with Crippen LogP contribution in [0, 0.1) is 12.7 Å². The Balaban J connectivity index is 2.25. The van der Waals surface area contributed by atoms with Gasteiger partial charge >= 0.3 is 0 Å². The molecule has 0 aliphatic carbocycles. The molecule has 1 unspecified atom stereocenters. The minimum Gasteiger partial charge on any atom is -0.321 e. The van der Waals surface area contributed by atoms with E-state index in [9.17, 15) is 4.39 Å². The molecule has 1 aromatic carbocycles. The quantitative estimate of drug-likeness (QED) is 0.913. The van der Waals surface area contributed by atoms with Crippen LogP contribution >= 0.6 is 0 Å². The van der Waals surface area contributed by atoms with Gasteiger partial charge in [-0.05, 0) is 37.5 Å². The summed E-state index contributed by atoms with van der Waals surface area (Å²) in [5.74, 6) is 0.604. The van der Waals surface area contributed by atoms with Gasteiger partial charge in [-0.15, -0.1) is 0 Å². The highest BCUT2D eigenvalue weighted by molar-refractivity contribution is 5.29. The van der Waals surface area contributed by atoms with Crippen molar-refractivity contribution in [3.05, 3.63) is 47.3 Å². The van der Waals surface area contributed by atoms with Crippen molar-refractivity contribution in [1.82, 2.24) is 14.8 Å². The van der Waals surface area contributed by atoms with Crippen LogP contribution in [0.5, 0.6) is 0 Å². The van der Waals surface area contributed by atoms with Crippen molar-refractivity contribution in [1.29, 1.82) is 0 Å². The van der Waals surface area contributed by atoms with Crippen molar-refractivity contribution in [2.75, 3.05) is 0 Å². The first-order chi connectivity index (χ1) is 9.44. The molecule has 2 N–H and O–H groups in total. The van der Waals surface area contributed by atoms with Crippen molar-refractivity contribution in [3.8, 4) is 0 Å². The zero-order valence-electron chi connectivity index (χ0n) is 12.2. The molecule has 0 bridgehead atoms. The molecule has 5 heteroatoms. The fourth-order valence-electron chi connectivity index (χ4n) is 2.20. The highest BCUT2D eigenvalue weighted by Gasteiger charge is 2.25. The van der Waals surface area contributed by atoms with E-state index in [1.54, 1.807) is 13.0 Å². The molecule has 0 amide bonds. The van der Waals surface area contributed by atoms with Gasteiger partial charge in [0.2, 0.25) is 0 Å². The number of aryl methyl sites for hydroxylation is 2. The Bertz CT molecular complexity index is 589. The molecular weight excluding hydrogens is 255 g/mol. The molecule has 0 aliphatic rings. The number of rotatable bonds is 5. The van der Waals surface area contributed by atoms with E-state index in [2.05, 4.69) is 17.0 Å². The summed E-state index contributed by atoms with van der Waals surface area (Å²) in [6, 6.07) is 5.14. The van der Waals surface area contributed by atoms with Gasteiger partial charge in [-0.25, -0.2) is 9.37 Å². The normalized spacial score (nSPS) is 14.2. The number of hydrogen-bond donors (Lipinski definition) is 1. The van der Waals surface area contributed by atoms with Crippen LogP contribution in [0.4, 0.5) is 4.39 Å². The summed E-state index contributed by atoms with van der Waals surface area (Å²) in [5.41, 5.74) is 7.09. The molecule has 1 aromatic heterocycles. The second-order valence-electron chi connectivity index (χ2n) is 5.46. The van der Waals surface area contributed by atoms with Gasteiger partial charge in [0.05, 0.1) is 0 Å². The number of aromatic nitrogens is 3. The van der Waals surface area contributed by atoms with E-state index in [4.69, 9.17) is 5.73 Å². The highest BCUT2D eigenvalue weighted by Crippen LogP contribution is 2.23. The van der Waals surface area contributed by atoms with Gasteiger partial charge in [-0.3, -0.25) is 4.68 Å². The minimum atomic E-state index is -0.674. The van der Waals surface area contributed by atoms with E-state index in [-0.39, 0.29) is 5.82 Å². The van der Waals surface area contributed by atoms with Crippen LogP contribution in [-0.4, -0.2) is 14.8 Å². The molecule has 0 radical (unpaired) electrons. The van der Waals surface area contributed by atoms with Crippen molar-refractivity contribution in [2.45, 2.75) is 45.7 Å². The number of nitrogens with two attached hydrogens (primary N) is 1. The maximum Gasteiger partial charge on any atom is 0.138 e. The molecule has 0 fully saturated rings. The van der Waals surface area contributed by atoms with Gasteiger partial charge in [0.25, 0.3) is 0 Å². The van der Waals surface area contributed by atoms with Crippen LogP contribution in [0.15, 0.2) is 24.5 Å². The summed E-state index contributed by atoms with van der Waals surface area (Å²) >= 11 is 0. The Morgan fingerprint density at radius 2 is 2.15 bits per heavy atom. The third kappa shape index (κ3) is 3.04. The highest BCUT2D eigenvalue weighted by atomic mass is 19.1. The fraction of sp³-hybridized carbons (Fsp3) is 0.467. The zero-order chi connectivity index (χ0) is 14.8. The maximum absolute atomic E-state index is 13.7.